The van der Waals surface area contributed by atoms with Crippen LogP contribution in [-0.4, -0.2) is 0 Å². The van der Waals surface area contributed by atoms with E-state index in [2.05, 4.69) is 129 Å². The lowest BCUT2D eigenvalue weighted by Gasteiger charge is -2.28. The fourth-order valence-electron chi connectivity index (χ4n) is 7.96. The van der Waals surface area contributed by atoms with Crippen molar-refractivity contribution in [1.82, 2.24) is 0 Å². The summed E-state index contributed by atoms with van der Waals surface area (Å²) in [5, 5.41) is 10.0. The average Bonchev–Trinajstić information content (AvgIpc) is 3.57. The summed E-state index contributed by atoms with van der Waals surface area (Å²) in [5.41, 5.74) is 16.3. The van der Waals surface area contributed by atoms with Gasteiger partial charge in [0.15, 0.2) is 0 Å². The van der Waals surface area contributed by atoms with Crippen molar-refractivity contribution >= 4 is 16.7 Å². The molecular weight excluding hydrogens is 639 g/mol. The van der Waals surface area contributed by atoms with E-state index in [9.17, 15) is 5.26 Å². The summed E-state index contributed by atoms with van der Waals surface area (Å²) in [5.74, 6) is 3.23. The summed E-state index contributed by atoms with van der Waals surface area (Å²) in [7, 11) is 0. The fourth-order valence-corrected chi connectivity index (χ4v) is 7.96. The van der Waals surface area contributed by atoms with Gasteiger partial charge in [0.2, 0.25) is 0 Å². The third-order valence-electron chi connectivity index (χ3n) is 10.6. The summed E-state index contributed by atoms with van der Waals surface area (Å²) in [6.07, 6.45) is 49.0. The van der Waals surface area contributed by atoms with E-state index in [4.69, 9.17) is 6.42 Å². The van der Waals surface area contributed by atoms with Crippen molar-refractivity contribution < 1.29 is 0 Å². The van der Waals surface area contributed by atoms with E-state index < -0.39 is 0 Å². The van der Waals surface area contributed by atoms with E-state index in [-0.39, 0.29) is 0 Å². The summed E-state index contributed by atoms with van der Waals surface area (Å²) >= 11 is 0. The van der Waals surface area contributed by atoms with Gasteiger partial charge < -0.3 is 0 Å². The Labute approximate surface area is 317 Å². The molecular formula is C52H47N. The highest BCUT2D eigenvalue weighted by atomic mass is 14.4. The molecule has 2 atom stereocenters. The van der Waals surface area contributed by atoms with Crippen LogP contribution in [0.25, 0.3) is 16.7 Å². The molecule has 0 heterocycles. The zero-order chi connectivity index (χ0) is 37.0. The summed E-state index contributed by atoms with van der Waals surface area (Å²) in [6, 6.07) is 17.7. The van der Waals surface area contributed by atoms with Crippen LogP contribution in [0.4, 0.5) is 0 Å². The van der Waals surface area contributed by atoms with Crippen LogP contribution in [0.3, 0.4) is 0 Å². The van der Waals surface area contributed by atoms with E-state index in [0.717, 1.165) is 49.7 Å². The third-order valence-corrected chi connectivity index (χ3v) is 10.6. The van der Waals surface area contributed by atoms with Gasteiger partial charge in [-0.1, -0.05) is 175 Å². The molecule has 2 aromatic rings. The van der Waals surface area contributed by atoms with E-state index >= 15 is 0 Å². The average molecular weight is 686 g/mol. The molecule has 0 aliphatic heterocycles. The molecule has 0 spiro atoms. The van der Waals surface area contributed by atoms with Gasteiger partial charge in [-0.25, -0.2) is 0 Å². The standard InChI is InChI=1S/C52H47N/c1-5-8-10-11-13-20-39-21-14-15-25-48(39)38(4)32-40(19-7-3)42-28-30-45-34-46-31-29-43(36-52(46)51(45)35-42)41-23-18-24-44(33-41)49-26-16-17-27-50(49)47(37-53)22-12-9-6-2/h1,6-13,15-19,22-32,35,41,52H,2-3,14,20-21,33-34,36H2,4H3/b10-8-,12-9-,13-11-,38-32+,40-19+,47-22+. The lowest BCUT2D eigenvalue weighted by molar-refractivity contribution is 0.671. The SMILES string of the molecule is C#C/C=C\C=C/CC1=C(/C(C)=C/C(=C\C=C)c2ccc3c(c2)C2CC(C4C=CC=C(c5ccccc5/C(C#N)=C/C=C\C=C)C4)=CC=C2C3)C=CCC1. The highest BCUT2D eigenvalue weighted by molar-refractivity contribution is 5.87. The van der Waals surface area contributed by atoms with Crippen LogP contribution < -0.4 is 0 Å². The molecule has 0 saturated heterocycles. The maximum Gasteiger partial charge on any atom is 0.0998 e. The van der Waals surface area contributed by atoms with Crippen molar-refractivity contribution in [3.05, 3.63) is 221 Å². The third kappa shape index (κ3) is 8.67. The van der Waals surface area contributed by atoms with E-state index in [1.54, 1.807) is 12.2 Å². The Balaban J connectivity index is 1.22. The van der Waals surface area contributed by atoms with Crippen LogP contribution in [0.1, 0.15) is 72.8 Å². The molecule has 0 radical (unpaired) electrons. The first-order valence-corrected chi connectivity index (χ1v) is 18.6. The molecule has 4 aliphatic carbocycles. The predicted molar refractivity (Wildman–Crippen MR) is 227 cm³/mol. The second-order valence-electron chi connectivity index (χ2n) is 13.9. The van der Waals surface area contributed by atoms with Crippen molar-refractivity contribution in [3.63, 3.8) is 0 Å². The maximum atomic E-state index is 10.0. The molecule has 0 saturated carbocycles. The second kappa shape index (κ2) is 17.9. The van der Waals surface area contributed by atoms with Gasteiger partial charge in [-0.3, -0.25) is 0 Å². The first kappa shape index (κ1) is 36.6. The first-order chi connectivity index (χ1) is 26.0. The van der Waals surface area contributed by atoms with Gasteiger partial charge in [0, 0.05) is 11.8 Å². The normalized spacial score (nSPS) is 20.2. The van der Waals surface area contributed by atoms with E-state index in [0.29, 0.717) is 17.4 Å². The van der Waals surface area contributed by atoms with Crippen LogP contribution in [-0.2, 0) is 6.42 Å². The molecule has 0 amide bonds. The Morgan fingerprint density at radius 1 is 0.962 bits per heavy atom. The minimum atomic E-state index is 0.305. The minimum Gasteiger partial charge on any atom is -0.192 e. The molecule has 0 aromatic heterocycles. The molecule has 2 aromatic carbocycles. The number of nitrogens with zero attached hydrogens (tertiary/aromatic N) is 1. The number of benzene rings is 2. The van der Waals surface area contributed by atoms with Crippen molar-refractivity contribution in [2.45, 2.75) is 51.4 Å². The molecule has 0 N–H and O–H groups in total. The maximum absolute atomic E-state index is 10.0. The second-order valence-corrected chi connectivity index (χ2v) is 13.9. The van der Waals surface area contributed by atoms with Gasteiger partial charge in [0.25, 0.3) is 0 Å². The first-order valence-electron chi connectivity index (χ1n) is 18.6. The quantitative estimate of drug-likeness (QED) is 0.124. The Morgan fingerprint density at radius 2 is 1.83 bits per heavy atom. The molecule has 6 rings (SSSR count). The molecule has 260 valence electrons. The molecule has 0 bridgehead atoms. The monoisotopic (exact) mass is 685 g/mol. The number of nitriles is 1. The van der Waals surface area contributed by atoms with Crippen LogP contribution in [0.15, 0.2) is 193 Å². The fraction of sp³-hybridized carbons (Fsp3) is 0.173. The Morgan fingerprint density at radius 3 is 2.66 bits per heavy atom. The molecule has 4 aliphatic rings. The highest BCUT2D eigenvalue weighted by Crippen LogP contribution is 2.47. The van der Waals surface area contributed by atoms with Gasteiger partial charge in [-0.2, -0.15) is 5.26 Å². The highest BCUT2D eigenvalue weighted by Gasteiger charge is 2.32. The summed E-state index contributed by atoms with van der Waals surface area (Å²) in [4.78, 5) is 0. The number of rotatable bonds is 12. The summed E-state index contributed by atoms with van der Waals surface area (Å²) in [6.45, 7) is 10.1. The van der Waals surface area contributed by atoms with Gasteiger partial charge in [-0.15, -0.1) is 6.42 Å². The van der Waals surface area contributed by atoms with Crippen LogP contribution in [0.2, 0.25) is 0 Å². The van der Waals surface area contributed by atoms with Crippen LogP contribution in [0, 0.1) is 29.6 Å². The van der Waals surface area contributed by atoms with E-state index in [1.807, 2.05) is 42.5 Å². The Kier molecular flexibility index (Phi) is 12.3. The molecule has 1 heteroatoms. The Hall–Kier alpha value is -6.15. The topological polar surface area (TPSA) is 23.8 Å². The molecule has 53 heavy (non-hydrogen) atoms. The van der Waals surface area contributed by atoms with E-state index in [1.165, 1.54) is 55.7 Å². The van der Waals surface area contributed by atoms with Crippen molar-refractivity contribution in [2.24, 2.45) is 5.92 Å². The lowest BCUT2D eigenvalue weighted by atomic mass is 9.76. The smallest absolute Gasteiger partial charge is 0.0998 e. The van der Waals surface area contributed by atoms with Crippen molar-refractivity contribution in [3.8, 4) is 18.4 Å². The lowest BCUT2D eigenvalue weighted by Crippen LogP contribution is -2.12. The zero-order valence-electron chi connectivity index (χ0n) is 30.8. The molecule has 0 fully saturated rings. The van der Waals surface area contributed by atoms with Crippen molar-refractivity contribution in [2.75, 3.05) is 0 Å². The van der Waals surface area contributed by atoms with Gasteiger partial charge >= 0.3 is 0 Å². The zero-order valence-corrected chi connectivity index (χ0v) is 30.8. The number of allylic oxidation sites excluding steroid dienone is 26. The van der Waals surface area contributed by atoms with Gasteiger partial charge in [0.1, 0.15) is 0 Å². The number of terminal acetylenes is 1. The number of fused-ring (bicyclic) bond motifs is 3. The predicted octanol–water partition coefficient (Wildman–Crippen LogP) is 13.2. The van der Waals surface area contributed by atoms with Gasteiger partial charge in [0.05, 0.1) is 11.6 Å². The van der Waals surface area contributed by atoms with Gasteiger partial charge in [-0.05, 0) is 108 Å². The number of hydrogen-bond acceptors (Lipinski definition) is 1. The Bertz CT molecular complexity index is 2240. The van der Waals surface area contributed by atoms with Crippen LogP contribution >= 0.6 is 0 Å². The molecule has 2 unspecified atom stereocenters. The minimum absolute atomic E-state index is 0.305. The molecule has 1 nitrogen and oxygen atoms in total. The largest absolute Gasteiger partial charge is 0.192 e. The number of hydrogen-bond donors (Lipinski definition) is 0. The van der Waals surface area contributed by atoms with Crippen LogP contribution in [0.5, 0.6) is 0 Å². The van der Waals surface area contributed by atoms with Crippen molar-refractivity contribution in [1.29, 1.82) is 5.26 Å². The summed E-state index contributed by atoms with van der Waals surface area (Å²) < 4.78 is 0.